The zero-order valence-electron chi connectivity index (χ0n) is 21.7. The van der Waals surface area contributed by atoms with Crippen molar-refractivity contribution < 1.29 is 23.4 Å². The molecule has 1 heterocycles. The highest BCUT2D eigenvalue weighted by Gasteiger charge is 2.30. The number of rotatable bonds is 8. The monoisotopic (exact) mass is 511 g/mol. The molecule has 0 aliphatic carbocycles. The first-order chi connectivity index (χ1) is 18.6. The SMILES string of the molecule is COc1cc2c(cc1OC)C(Cc1ccc(-c3ccc(F)cc3OC)cc1)N(c1ccccc1C=O)CC2. The minimum Gasteiger partial charge on any atom is -0.496 e. The van der Waals surface area contributed by atoms with Gasteiger partial charge in [0, 0.05) is 29.4 Å². The van der Waals surface area contributed by atoms with Gasteiger partial charge in [-0.05, 0) is 71.5 Å². The van der Waals surface area contributed by atoms with Gasteiger partial charge in [0.15, 0.2) is 17.8 Å². The predicted molar refractivity (Wildman–Crippen MR) is 147 cm³/mol. The van der Waals surface area contributed by atoms with Crippen LogP contribution < -0.4 is 19.1 Å². The average molecular weight is 512 g/mol. The summed E-state index contributed by atoms with van der Waals surface area (Å²) in [7, 11) is 4.83. The van der Waals surface area contributed by atoms with Gasteiger partial charge in [0.25, 0.3) is 0 Å². The van der Waals surface area contributed by atoms with Crippen LogP contribution in [0, 0.1) is 5.82 Å². The summed E-state index contributed by atoms with van der Waals surface area (Å²) in [5.41, 5.74) is 6.86. The number of carbonyl (C=O) groups excluding carboxylic acids is 1. The molecule has 0 fully saturated rings. The third kappa shape index (κ3) is 4.82. The van der Waals surface area contributed by atoms with Crippen LogP contribution in [0.5, 0.6) is 17.2 Å². The molecule has 0 saturated heterocycles. The number of fused-ring (bicyclic) bond motifs is 1. The van der Waals surface area contributed by atoms with E-state index in [0.29, 0.717) is 22.8 Å². The van der Waals surface area contributed by atoms with Gasteiger partial charge < -0.3 is 19.1 Å². The molecule has 0 amide bonds. The topological polar surface area (TPSA) is 48.0 Å². The molecule has 38 heavy (non-hydrogen) atoms. The van der Waals surface area contributed by atoms with Crippen molar-refractivity contribution in [3.8, 4) is 28.4 Å². The van der Waals surface area contributed by atoms with E-state index in [0.717, 1.165) is 53.6 Å². The maximum absolute atomic E-state index is 13.7. The molecule has 1 aliphatic heterocycles. The Morgan fingerprint density at radius 3 is 2.29 bits per heavy atom. The van der Waals surface area contributed by atoms with Crippen LogP contribution in [0.2, 0.25) is 0 Å². The fourth-order valence-corrected chi connectivity index (χ4v) is 5.33. The standard InChI is InChI=1S/C32H30FNO4/c1-36-30-18-25(33)12-13-26(30)22-10-8-21(9-11-22)16-29-27-19-32(38-3)31(37-2)17-23(27)14-15-34(29)28-7-5-4-6-24(28)20-35/h4-13,17-20,29H,14-16H2,1-3H3. The van der Waals surface area contributed by atoms with Gasteiger partial charge in [0.1, 0.15) is 11.6 Å². The molecule has 4 aromatic rings. The van der Waals surface area contributed by atoms with Gasteiger partial charge in [-0.15, -0.1) is 0 Å². The molecule has 0 aromatic heterocycles. The molecular weight excluding hydrogens is 481 g/mol. The van der Waals surface area contributed by atoms with Crippen LogP contribution in [0.25, 0.3) is 11.1 Å². The van der Waals surface area contributed by atoms with Crippen LogP contribution in [0.15, 0.2) is 78.9 Å². The van der Waals surface area contributed by atoms with E-state index in [1.54, 1.807) is 27.4 Å². The van der Waals surface area contributed by atoms with Gasteiger partial charge in [-0.3, -0.25) is 4.79 Å². The van der Waals surface area contributed by atoms with Gasteiger partial charge in [-0.25, -0.2) is 4.39 Å². The quantitative estimate of drug-likeness (QED) is 0.247. The van der Waals surface area contributed by atoms with E-state index in [2.05, 4.69) is 29.2 Å². The Balaban J connectivity index is 1.54. The molecule has 0 N–H and O–H groups in total. The Hall–Kier alpha value is -4.32. The molecular formula is C32H30FNO4. The summed E-state index contributed by atoms with van der Waals surface area (Å²) in [6.45, 7) is 0.767. The van der Waals surface area contributed by atoms with Crippen LogP contribution in [-0.2, 0) is 12.8 Å². The van der Waals surface area contributed by atoms with E-state index in [1.165, 1.54) is 17.7 Å². The first-order valence-corrected chi connectivity index (χ1v) is 12.5. The zero-order chi connectivity index (χ0) is 26.6. The molecule has 0 spiro atoms. The molecule has 1 atom stereocenters. The van der Waals surface area contributed by atoms with Crippen molar-refractivity contribution in [2.75, 3.05) is 32.8 Å². The minimum absolute atomic E-state index is 0.0223. The number of aldehydes is 1. The fraction of sp³-hybridized carbons (Fsp3) is 0.219. The molecule has 5 nitrogen and oxygen atoms in total. The van der Waals surface area contributed by atoms with E-state index < -0.39 is 0 Å². The number of nitrogens with zero attached hydrogens (tertiary/aromatic N) is 1. The number of carbonyl (C=O) groups is 1. The summed E-state index contributed by atoms with van der Waals surface area (Å²) in [5, 5.41) is 0. The number of hydrogen-bond acceptors (Lipinski definition) is 5. The van der Waals surface area contributed by atoms with Crippen molar-refractivity contribution >= 4 is 12.0 Å². The highest BCUT2D eigenvalue weighted by atomic mass is 19.1. The first-order valence-electron chi connectivity index (χ1n) is 12.5. The number of anilines is 1. The lowest BCUT2D eigenvalue weighted by Crippen LogP contribution is -2.37. The fourth-order valence-electron chi connectivity index (χ4n) is 5.33. The van der Waals surface area contributed by atoms with E-state index in [9.17, 15) is 9.18 Å². The second kappa shape index (κ2) is 11.0. The molecule has 5 rings (SSSR count). The number of methoxy groups -OCH3 is 3. The van der Waals surface area contributed by atoms with Gasteiger partial charge in [-0.2, -0.15) is 0 Å². The molecule has 1 aliphatic rings. The second-order valence-electron chi connectivity index (χ2n) is 9.29. The lowest BCUT2D eigenvalue weighted by molar-refractivity contribution is 0.112. The third-order valence-electron chi connectivity index (χ3n) is 7.23. The van der Waals surface area contributed by atoms with E-state index in [1.807, 2.05) is 36.4 Å². The van der Waals surface area contributed by atoms with Crippen molar-refractivity contribution in [2.45, 2.75) is 18.9 Å². The van der Waals surface area contributed by atoms with E-state index >= 15 is 0 Å². The maximum Gasteiger partial charge on any atom is 0.161 e. The largest absolute Gasteiger partial charge is 0.496 e. The van der Waals surface area contributed by atoms with E-state index in [4.69, 9.17) is 14.2 Å². The zero-order valence-corrected chi connectivity index (χ0v) is 21.7. The Morgan fingerprint density at radius 2 is 1.58 bits per heavy atom. The smallest absolute Gasteiger partial charge is 0.161 e. The van der Waals surface area contributed by atoms with Crippen molar-refractivity contribution in [2.24, 2.45) is 0 Å². The number of ether oxygens (including phenoxy) is 3. The van der Waals surface area contributed by atoms with E-state index in [-0.39, 0.29) is 11.9 Å². The first kappa shape index (κ1) is 25.3. The third-order valence-corrected chi connectivity index (χ3v) is 7.23. The molecule has 0 bridgehead atoms. The normalized spacial score (nSPS) is 14.5. The Morgan fingerprint density at radius 1 is 0.868 bits per heavy atom. The van der Waals surface area contributed by atoms with Crippen LogP contribution in [0.4, 0.5) is 10.1 Å². The number of hydrogen-bond donors (Lipinski definition) is 0. The Bertz CT molecular complexity index is 1450. The summed E-state index contributed by atoms with van der Waals surface area (Å²) in [4.78, 5) is 14.2. The van der Waals surface area contributed by atoms with Gasteiger partial charge in [-0.1, -0.05) is 36.4 Å². The van der Waals surface area contributed by atoms with Crippen LogP contribution in [0.1, 0.15) is 33.1 Å². The van der Waals surface area contributed by atoms with Crippen molar-refractivity contribution in [1.29, 1.82) is 0 Å². The summed E-state index contributed by atoms with van der Waals surface area (Å²) in [6, 6.07) is 24.6. The van der Waals surface area contributed by atoms with Gasteiger partial charge in [0.2, 0.25) is 0 Å². The Labute approximate surface area is 222 Å². The summed E-state index contributed by atoms with van der Waals surface area (Å²) in [5.74, 6) is 1.56. The van der Waals surface area contributed by atoms with Crippen LogP contribution >= 0.6 is 0 Å². The summed E-state index contributed by atoms with van der Waals surface area (Å²) < 4.78 is 30.3. The number of benzene rings is 4. The average Bonchev–Trinajstić information content (AvgIpc) is 2.97. The molecule has 1 unspecified atom stereocenters. The lowest BCUT2D eigenvalue weighted by atomic mass is 9.87. The maximum atomic E-state index is 13.7. The van der Waals surface area contributed by atoms with Gasteiger partial charge >= 0.3 is 0 Å². The van der Waals surface area contributed by atoms with Crippen LogP contribution in [-0.4, -0.2) is 34.2 Å². The number of halogens is 1. The molecule has 0 radical (unpaired) electrons. The van der Waals surface area contributed by atoms with Crippen molar-refractivity contribution in [3.63, 3.8) is 0 Å². The predicted octanol–water partition coefficient (Wildman–Crippen LogP) is 6.68. The van der Waals surface area contributed by atoms with Crippen LogP contribution in [0.3, 0.4) is 0 Å². The second-order valence-corrected chi connectivity index (χ2v) is 9.29. The number of para-hydroxylation sites is 1. The lowest BCUT2D eigenvalue weighted by Gasteiger charge is -2.40. The molecule has 0 saturated carbocycles. The molecule has 6 heteroatoms. The summed E-state index contributed by atoms with van der Waals surface area (Å²) in [6.07, 6.45) is 2.46. The minimum atomic E-state index is -0.332. The summed E-state index contributed by atoms with van der Waals surface area (Å²) >= 11 is 0. The highest BCUT2D eigenvalue weighted by molar-refractivity contribution is 5.85. The Kier molecular flexibility index (Phi) is 7.31. The molecule has 4 aromatic carbocycles. The van der Waals surface area contributed by atoms with Crippen molar-refractivity contribution in [3.05, 3.63) is 107 Å². The van der Waals surface area contributed by atoms with Crippen molar-refractivity contribution in [1.82, 2.24) is 0 Å². The highest BCUT2D eigenvalue weighted by Crippen LogP contribution is 2.42. The van der Waals surface area contributed by atoms with Gasteiger partial charge in [0.05, 0.1) is 27.4 Å². The molecule has 194 valence electrons.